The molecule has 2 N–H and O–H groups in total. The van der Waals surface area contributed by atoms with E-state index in [1.807, 2.05) is 13.2 Å². The van der Waals surface area contributed by atoms with E-state index in [4.69, 9.17) is 0 Å². The normalized spacial score (nSPS) is 19.8. The molecule has 1 saturated heterocycles. The minimum atomic E-state index is -0.0134. The number of carbonyl (C=O) groups excluding carboxylic acids is 1. The first kappa shape index (κ1) is 13.1. The van der Waals surface area contributed by atoms with E-state index in [0.717, 1.165) is 37.1 Å². The van der Waals surface area contributed by atoms with Gasteiger partial charge >= 0.3 is 0 Å². The molecule has 18 heavy (non-hydrogen) atoms. The van der Waals surface area contributed by atoms with E-state index < -0.39 is 0 Å². The van der Waals surface area contributed by atoms with E-state index in [9.17, 15) is 4.79 Å². The number of aromatic nitrogens is 2. The molecule has 1 atom stereocenters. The van der Waals surface area contributed by atoms with Crippen LogP contribution < -0.4 is 10.6 Å². The van der Waals surface area contributed by atoms with Gasteiger partial charge in [-0.1, -0.05) is 13.3 Å². The first-order valence-electron chi connectivity index (χ1n) is 6.73. The highest BCUT2D eigenvalue weighted by molar-refractivity contribution is 5.81. The van der Waals surface area contributed by atoms with Crippen molar-refractivity contribution in [2.75, 3.05) is 6.54 Å². The summed E-state index contributed by atoms with van der Waals surface area (Å²) in [7, 11) is 1.91. The molecule has 1 aromatic heterocycles. The number of amides is 1. The van der Waals surface area contributed by atoms with E-state index in [0.29, 0.717) is 6.54 Å². The van der Waals surface area contributed by atoms with Crippen molar-refractivity contribution in [3.05, 3.63) is 17.5 Å². The first-order valence-corrected chi connectivity index (χ1v) is 6.73. The van der Waals surface area contributed by atoms with Gasteiger partial charge in [0.2, 0.25) is 5.91 Å². The van der Waals surface area contributed by atoms with Gasteiger partial charge in [0.05, 0.1) is 11.7 Å². The lowest BCUT2D eigenvalue weighted by Crippen LogP contribution is -2.46. The molecule has 0 bridgehead atoms. The van der Waals surface area contributed by atoms with Crippen LogP contribution in [0.15, 0.2) is 6.20 Å². The van der Waals surface area contributed by atoms with Crippen LogP contribution in [-0.4, -0.2) is 28.3 Å². The highest BCUT2D eigenvalue weighted by Crippen LogP contribution is 2.09. The molecule has 1 aromatic rings. The van der Waals surface area contributed by atoms with Gasteiger partial charge in [-0.05, 0) is 25.8 Å². The molecule has 0 aliphatic carbocycles. The third-order valence-electron chi connectivity index (χ3n) is 3.41. The summed E-state index contributed by atoms with van der Waals surface area (Å²) in [6, 6.07) is -0.0134. The Balaban J connectivity index is 1.88. The van der Waals surface area contributed by atoms with Gasteiger partial charge in [0.15, 0.2) is 0 Å². The Morgan fingerprint density at radius 3 is 3.11 bits per heavy atom. The minimum Gasteiger partial charge on any atom is -0.351 e. The van der Waals surface area contributed by atoms with Gasteiger partial charge < -0.3 is 10.6 Å². The molecular formula is C13H22N4O. The smallest absolute Gasteiger partial charge is 0.237 e. The molecule has 2 heterocycles. The van der Waals surface area contributed by atoms with Crippen LogP contribution >= 0.6 is 0 Å². The maximum absolute atomic E-state index is 12.0. The van der Waals surface area contributed by atoms with Crippen LogP contribution in [0.25, 0.3) is 0 Å². The Morgan fingerprint density at radius 2 is 2.44 bits per heavy atom. The Bertz CT molecular complexity index is 407. The lowest BCUT2D eigenvalue weighted by Gasteiger charge is -2.22. The number of nitrogens with zero attached hydrogens (tertiary/aromatic N) is 2. The summed E-state index contributed by atoms with van der Waals surface area (Å²) in [6.07, 6.45) is 6.13. The van der Waals surface area contributed by atoms with Crippen molar-refractivity contribution < 1.29 is 4.79 Å². The van der Waals surface area contributed by atoms with E-state index in [1.165, 1.54) is 6.42 Å². The molecule has 0 spiro atoms. The van der Waals surface area contributed by atoms with Crippen molar-refractivity contribution in [2.45, 2.75) is 45.2 Å². The molecule has 0 radical (unpaired) electrons. The number of piperidine rings is 1. The summed E-state index contributed by atoms with van der Waals surface area (Å²) in [5.41, 5.74) is 2.18. The molecule has 0 saturated carbocycles. The van der Waals surface area contributed by atoms with Crippen LogP contribution in [0.1, 0.15) is 37.4 Å². The van der Waals surface area contributed by atoms with Gasteiger partial charge in [-0.3, -0.25) is 9.48 Å². The topological polar surface area (TPSA) is 59.0 Å². The second-order valence-electron chi connectivity index (χ2n) is 4.85. The summed E-state index contributed by atoms with van der Waals surface area (Å²) in [5, 5.41) is 10.6. The minimum absolute atomic E-state index is 0.0134. The van der Waals surface area contributed by atoms with Crippen LogP contribution in [0, 0.1) is 0 Å². The van der Waals surface area contributed by atoms with Crippen molar-refractivity contribution in [3.8, 4) is 0 Å². The van der Waals surface area contributed by atoms with Crippen molar-refractivity contribution in [2.24, 2.45) is 7.05 Å². The molecule has 1 aliphatic rings. The third-order valence-corrected chi connectivity index (χ3v) is 3.41. The van der Waals surface area contributed by atoms with Crippen LogP contribution in [0.2, 0.25) is 0 Å². The fourth-order valence-corrected chi connectivity index (χ4v) is 2.41. The quantitative estimate of drug-likeness (QED) is 0.828. The molecule has 5 heteroatoms. The fraction of sp³-hybridized carbons (Fsp3) is 0.692. The SMILES string of the molecule is CCc1nn(C)cc1CNC(=O)[C@H]1CCCCN1. The molecule has 1 aliphatic heterocycles. The maximum atomic E-state index is 12.0. The van der Waals surface area contributed by atoms with Gasteiger partial charge in [-0.15, -0.1) is 0 Å². The van der Waals surface area contributed by atoms with Gasteiger partial charge in [-0.25, -0.2) is 0 Å². The van der Waals surface area contributed by atoms with Gasteiger partial charge in [-0.2, -0.15) is 5.10 Å². The van der Waals surface area contributed by atoms with Crippen molar-refractivity contribution in [3.63, 3.8) is 0 Å². The highest BCUT2D eigenvalue weighted by atomic mass is 16.2. The van der Waals surface area contributed by atoms with Crippen molar-refractivity contribution in [1.82, 2.24) is 20.4 Å². The standard InChI is InChI=1S/C13H22N4O/c1-3-11-10(9-17(2)16-11)8-15-13(18)12-6-4-5-7-14-12/h9,12,14H,3-8H2,1-2H3,(H,15,18)/t12-/m1/s1. The number of hydrogen-bond acceptors (Lipinski definition) is 3. The molecule has 2 rings (SSSR count). The highest BCUT2D eigenvalue weighted by Gasteiger charge is 2.20. The van der Waals surface area contributed by atoms with Crippen LogP contribution in [-0.2, 0) is 24.8 Å². The summed E-state index contributed by atoms with van der Waals surface area (Å²) in [6.45, 7) is 3.61. The Labute approximate surface area is 108 Å². The van der Waals surface area contributed by atoms with Crippen LogP contribution in [0.5, 0.6) is 0 Å². The average Bonchev–Trinajstić information content (AvgIpc) is 2.77. The zero-order valence-corrected chi connectivity index (χ0v) is 11.2. The maximum Gasteiger partial charge on any atom is 0.237 e. The van der Waals surface area contributed by atoms with E-state index in [-0.39, 0.29) is 11.9 Å². The molecule has 0 aromatic carbocycles. The first-order chi connectivity index (χ1) is 8.70. The van der Waals surface area contributed by atoms with Crippen molar-refractivity contribution >= 4 is 5.91 Å². The zero-order valence-electron chi connectivity index (χ0n) is 11.2. The third kappa shape index (κ3) is 3.10. The zero-order chi connectivity index (χ0) is 13.0. The average molecular weight is 250 g/mol. The summed E-state index contributed by atoms with van der Waals surface area (Å²) in [4.78, 5) is 12.0. The van der Waals surface area contributed by atoms with E-state index in [2.05, 4.69) is 22.7 Å². The second kappa shape index (κ2) is 6.00. The lowest BCUT2D eigenvalue weighted by atomic mass is 10.0. The Kier molecular flexibility index (Phi) is 4.36. The van der Waals surface area contributed by atoms with Gasteiger partial charge in [0, 0.05) is 25.4 Å². The number of carbonyl (C=O) groups is 1. The lowest BCUT2D eigenvalue weighted by molar-refractivity contribution is -0.123. The molecule has 0 unspecified atom stereocenters. The molecule has 1 fully saturated rings. The number of hydrogen-bond donors (Lipinski definition) is 2. The Hall–Kier alpha value is -1.36. The predicted octanol–water partition coefficient (Wildman–Crippen LogP) is 0.741. The molecular weight excluding hydrogens is 228 g/mol. The monoisotopic (exact) mass is 250 g/mol. The van der Waals surface area contributed by atoms with Crippen LogP contribution in [0.4, 0.5) is 0 Å². The van der Waals surface area contributed by atoms with Crippen molar-refractivity contribution in [1.29, 1.82) is 0 Å². The molecule has 1 amide bonds. The summed E-state index contributed by atoms with van der Waals surface area (Å²) < 4.78 is 1.80. The van der Waals surface area contributed by atoms with Gasteiger partial charge in [0.25, 0.3) is 0 Å². The predicted molar refractivity (Wildman–Crippen MR) is 70.1 cm³/mol. The van der Waals surface area contributed by atoms with Gasteiger partial charge in [0.1, 0.15) is 0 Å². The summed E-state index contributed by atoms with van der Waals surface area (Å²) >= 11 is 0. The largest absolute Gasteiger partial charge is 0.351 e. The van der Waals surface area contributed by atoms with E-state index >= 15 is 0 Å². The van der Waals surface area contributed by atoms with Crippen LogP contribution in [0.3, 0.4) is 0 Å². The molecule has 100 valence electrons. The number of rotatable bonds is 4. The number of nitrogens with one attached hydrogen (secondary N) is 2. The second-order valence-corrected chi connectivity index (χ2v) is 4.85. The Morgan fingerprint density at radius 1 is 1.61 bits per heavy atom. The molecule has 5 nitrogen and oxygen atoms in total. The fourth-order valence-electron chi connectivity index (χ4n) is 2.41. The van der Waals surface area contributed by atoms with E-state index in [1.54, 1.807) is 4.68 Å². The number of aryl methyl sites for hydroxylation is 2. The summed E-state index contributed by atoms with van der Waals surface area (Å²) in [5.74, 6) is 0.112.